The zero-order chi connectivity index (χ0) is 21.1. The van der Waals surface area contributed by atoms with Gasteiger partial charge in [-0.25, -0.2) is 9.97 Å². The molecule has 3 saturated heterocycles. The molecular formula is C21H32N6O3. The molecule has 3 aliphatic rings. The second-order valence-corrected chi connectivity index (χ2v) is 8.69. The summed E-state index contributed by atoms with van der Waals surface area (Å²) in [6.07, 6.45) is 5.42. The van der Waals surface area contributed by atoms with E-state index >= 15 is 0 Å². The van der Waals surface area contributed by atoms with Gasteiger partial charge in [0, 0.05) is 71.5 Å². The first-order valence-corrected chi connectivity index (χ1v) is 10.9. The number of likely N-dealkylation sites (tertiary alicyclic amines) is 2. The molecule has 0 aromatic carbocycles. The van der Waals surface area contributed by atoms with E-state index in [1.807, 2.05) is 34.9 Å². The first-order valence-electron chi connectivity index (χ1n) is 10.9. The maximum atomic E-state index is 13.0. The molecule has 9 nitrogen and oxygen atoms in total. The first-order chi connectivity index (χ1) is 14.5. The van der Waals surface area contributed by atoms with Crippen molar-refractivity contribution in [3.63, 3.8) is 0 Å². The van der Waals surface area contributed by atoms with Crippen molar-refractivity contribution in [2.75, 3.05) is 57.2 Å². The molecule has 164 valence electrons. The number of ether oxygens (including phenoxy) is 1. The molecule has 1 atom stereocenters. The van der Waals surface area contributed by atoms with Crippen LogP contribution < -0.4 is 10.2 Å². The predicted molar refractivity (Wildman–Crippen MR) is 113 cm³/mol. The number of rotatable bonds is 5. The Balaban J connectivity index is 1.27. The van der Waals surface area contributed by atoms with Crippen molar-refractivity contribution in [3.05, 3.63) is 12.4 Å². The minimum Gasteiger partial charge on any atom is -0.381 e. The van der Waals surface area contributed by atoms with Gasteiger partial charge in [0.15, 0.2) is 0 Å². The molecule has 4 rings (SSSR count). The molecule has 1 aromatic rings. The van der Waals surface area contributed by atoms with E-state index < -0.39 is 0 Å². The van der Waals surface area contributed by atoms with E-state index in [0.717, 1.165) is 37.3 Å². The fraction of sp³-hybridized carbons (Fsp3) is 0.714. The largest absolute Gasteiger partial charge is 0.381 e. The zero-order valence-electron chi connectivity index (χ0n) is 17.9. The molecule has 0 aliphatic carbocycles. The van der Waals surface area contributed by atoms with Crippen LogP contribution in [0.3, 0.4) is 0 Å². The Hall–Kier alpha value is -2.42. The highest BCUT2D eigenvalue weighted by Crippen LogP contribution is 2.27. The van der Waals surface area contributed by atoms with Crippen LogP contribution >= 0.6 is 0 Å². The molecule has 3 aliphatic heterocycles. The van der Waals surface area contributed by atoms with Crippen molar-refractivity contribution in [1.82, 2.24) is 19.8 Å². The summed E-state index contributed by atoms with van der Waals surface area (Å²) in [6, 6.07) is 2.45. The van der Waals surface area contributed by atoms with Gasteiger partial charge in [-0.3, -0.25) is 9.59 Å². The minimum absolute atomic E-state index is 0.122. The van der Waals surface area contributed by atoms with Gasteiger partial charge in [0.1, 0.15) is 18.0 Å². The van der Waals surface area contributed by atoms with Gasteiger partial charge < -0.3 is 24.8 Å². The Labute approximate surface area is 177 Å². The standard InChI is InChI=1S/C21H32N6O3/c1-25(2)19-12-18(22-14-23-19)24-16-3-7-26(8-4-16)21(29)15-11-20(28)27(13-15)17-5-9-30-10-6-17/h12,14-17H,3-11,13H2,1-2H3,(H,22,23,24). The maximum absolute atomic E-state index is 13.0. The van der Waals surface area contributed by atoms with Gasteiger partial charge in [-0.2, -0.15) is 0 Å². The van der Waals surface area contributed by atoms with Gasteiger partial charge in [0.05, 0.1) is 5.92 Å². The lowest BCUT2D eigenvalue weighted by atomic mass is 10.0. The maximum Gasteiger partial charge on any atom is 0.227 e. The van der Waals surface area contributed by atoms with Gasteiger partial charge in [0.2, 0.25) is 11.8 Å². The van der Waals surface area contributed by atoms with Gasteiger partial charge in [-0.1, -0.05) is 0 Å². The summed E-state index contributed by atoms with van der Waals surface area (Å²) in [5.74, 6) is 1.73. The van der Waals surface area contributed by atoms with Crippen LogP contribution in [0.4, 0.5) is 11.6 Å². The summed E-state index contributed by atoms with van der Waals surface area (Å²) in [6.45, 7) is 3.40. The van der Waals surface area contributed by atoms with Crippen molar-refractivity contribution in [3.8, 4) is 0 Å². The second kappa shape index (κ2) is 9.16. The lowest BCUT2D eigenvalue weighted by Gasteiger charge is -2.34. The molecule has 9 heteroatoms. The van der Waals surface area contributed by atoms with Crippen LogP contribution in [-0.2, 0) is 14.3 Å². The molecular weight excluding hydrogens is 384 g/mol. The molecule has 1 N–H and O–H groups in total. The zero-order valence-corrected chi connectivity index (χ0v) is 17.9. The SMILES string of the molecule is CN(C)c1cc(NC2CCN(C(=O)C3CC(=O)N(C4CCOCC4)C3)CC2)ncn1. The van der Waals surface area contributed by atoms with Crippen molar-refractivity contribution in [2.24, 2.45) is 5.92 Å². The number of hydrogen-bond acceptors (Lipinski definition) is 7. The Morgan fingerprint density at radius 1 is 1.17 bits per heavy atom. The van der Waals surface area contributed by atoms with Crippen molar-refractivity contribution in [2.45, 2.75) is 44.2 Å². The number of anilines is 2. The lowest BCUT2D eigenvalue weighted by molar-refractivity contribution is -0.136. The van der Waals surface area contributed by atoms with Gasteiger partial charge in [-0.05, 0) is 25.7 Å². The van der Waals surface area contributed by atoms with Crippen LogP contribution in [0.5, 0.6) is 0 Å². The summed E-state index contributed by atoms with van der Waals surface area (Å²) < 4.78 is 5.41. The summed E-state index contributed by atoms with van der Waals surface area (Å²) >= 11 is 0. The molecule has 3 fully saturated rings. The van der Waals surface area contributed by atoms with Crippen molar-refractivity contribution >= 4 is 23.5 Å². The highest BCUT2D eigenvalue weighted by Gasteiger charge is 2.40. The van der Waals surface area contributed by atoms with E-state index in [1.54, 1.807) is 6.33 Å². The number of nitrogens with zero attached hydrogens (tertiary/aromatic N) is 5. The normalized spacial score (nSPS) is 23.7. The molecule has 0 radical (unpaired) electrons. The first kappa shape index (κ1) is 20.8. The quantitative estimate of drug-likeness (QED) is 0.765. The fourth-order valence-electron chi connectivity index (χ4n) is 4.63. The van der Waals surface area contributed by atoms with Crippen LogP contribution in [0.2, 0.25) is 0 Å². The molecule has 0 spiro atoms. The van der Waals surface area contributed by atoms with Gasteiger partial charge in [0.25, 0.3) is 0 Å². The van der Waals surface area contributed by atoms with Crippen LogP contribution in [0, 0.1) is 5.92 Å². The van der Waals surface area contributed by atoms with E-state index in [9.17, 15) is 9.59 Å². The summed E-state index contributed by atoms with van der Waals surface area (Å²) in [5, 5.41) is 3.47. The molecule has 0 bridgehead atoms. The molecule has 2 amide bonds. The highest BCUT2D eigenvalue weighted by atomic mass is 16.5. The average molecular weight is 417 g/mol. The van der Waals surface area contributed by atoms with E-state index in [1.165, 1.54) is 0 Å². The minimum atomic E-state index is -0.200. The van der Waals surface area contributed by atoms with E-state index in [2.05, 4.69) is 15.3 Å². The summed E-state index contributed by atoms with van der Waals surface area (Å²) in [7, 11) is 3.90. The highest BCUT2D eigenvalue weighted by molar-refractivity contribution is 5.89. The third-order valence-corrected chi connectivity index (χ3v) is 6.41. The lowest BCUT2D eigenvalue weighted by Crippen LogP contribution is -2.46. The third kappa shape index (κ3) is 4.66. The van der Waals surface area contributed by atoms with E-state index in [0.29, 0.717) is 39.3 Å². The number of piperidine rings is 1. The number of carbonyl (C=O) groups is 2. The smallest absolute Gasteiger partial charge is 0.227 e. The summed E-state index contributed by atoms with van der Waals surface area (Å²) in [4.78, 5) is 39.9. The van der Waals surface area contributed by atoms with Crippen molar-refractivity contribution in [1.29, 1.82) is 0 Å². The number of hydrogen-bond donors (Lipinski definition) is 1. The molecule has 30 heavy (non-hydrogen) atoms. The molecule has 1 aromatic heterocycles. The predicted octanol–water partition coefficient (Wildman–Crippen LogP) is 0.973. The Morgan fingerprint density at radius 2 is 1.90 bits per heavy atom. The fourth-order valence-corrected chi connectivity index (χ4v) is 4.63. The third-order valence-electron chi connectivity index (χ3n) is 6.41. The average Bonchev–Trinajstić information content (AvgIpc) is 3.16. The van der Waals surface area contributed by atoms with Gasteiger partial charge >= 0.3 is 0 Å². The number of carbonyl (C=O) groups excluding carboxylic acids is 2. The topological polar surface area (TPSA) is 90.9 Å². The Kier molecular flexibility index (Phi) is 6.36. The van der Waals surface area contributed by atoms with Crippen molar-refractivity contribution < 1.29 is 14.3 Å². The van der Waals surface area contributed by atoms with Crippen LogP contribution in [0.25, 0.3) is 0 Å². The number of amides is 2. The van der Waals surface area contributed by atoms with Crippen LogP contribution in [0.1, 0.15) is 32.1 Å². The van der Waals surface area contributed by atoms with Crippen LogP contribution in [0.15, 0.2) is 12.4 Å². The van der Waals surface area contributed by atoms with Gasteiger partial charge in [-0.15, -0.1) is 0 Å². The molecule has 0 saturated carbocycles. The molecule has 1 unspecified atom stereocenters. The monoisotopic (exact) mass is 416 g/mol. The Bertz CT molecular complexity index is 759. The van der Waals surface area contributed by atoms with Crippen LogP contribution in [-0.4, -0.2) is 90.6 Å². The molecule has 4 heterocycles. The van der Waals surface area contributed by atoms with E-state index in [-0.39, 0.29) is 29.8 Å². The second-order valence-electron chi connectivity index (χ2n) is 8.69. The Morgan fingerprint density at radius 3 is 2.60 bits per heavy atom. The van der Waals surface area contributed by atoms with E-state index in [4.69, 9.17) is 4.74 Å². The summed E-state index contributed by atoms with van der Waals surface area (Å²) in [5.41, 5.74) is 0. The number of aromatic nitrogens is 2. The number of nitrogens with one attached hydrogen (secondary N) is 1.